The Bertz CT molecular complexity index is 1230. The Labute approximate surface area is 189 Å². The highest BCUT2D eigenvalue weighted by atomic mass is 32.1. The molecule has 1 aliphatic rings. The minimum absolute atomic E-state index is 0.0960. The highest BCUT2D eigenvalue weighted by molar-refractivity contribution is 7.22. The summed E-state index contributed by atoms with van der Waals surface area (Å²) in [7, 11) is 4.85. The third-order valence-electron chi connectivity index (χ3n) is 5.42. The van der Waals surface area contributed by atoms with Crippen molar-refractivity contribution in [1.29, 1.82) is 0 Å². The second-order valence-electron chi connectivity index (χ2n) is 7.25. The normalized spacial score (nSPS) is 15.7. The highest BCUT2D eigenvalue weighted by Crippen LogP contribution is 2.45. The summed E-state index contributed by atoms with van der Waals surface area (Å²) < 4.78 is 17.8. The number of ether oxygens (including phenoxy) is 3. The van der Waals surface area contributed by atoms with Gasteiger partial charge in [0.1, 0.15) is 0 Å². The monoisotopic (exact) mass is 446 g/mol. The molecule has 2 aromatic carbocycles. The third-order valence-corrected chi connectivity index (χ3v) is 6.45. The predicted octanol–water partition coefficient (Wildman–Crippen LogP) is 5.07. The molecule has 162 valence electrons. The molecule has 0 N–H and O–H groups in total. The van der Waals surface area contributed by atoms with E-state index in [2.05, 4.69) is 11.1 Å². The van der Waals surface area contributed by atoms with Gasteiger partial charge in [-0.05, 0) is 42.0 Å². The van der Waals surface area contributed by atoms with E-state index in [4.69, 9.17) is 24.3 Å². The van der Waals surface area contributed by atoms with Crippen LogP contribution in [0.5, 0.6) is 17.2 Å². The summed E-state index contributed by atoms with van der Waals surface area (Å²) in [5.41, 5.74) is 3.71. The maximum Gasteiger partial charge on any atom is 0.207 e. The van der Waals surface area contributed by atoms with Gasteiger partial charge in [0, 0.05) is 12.6 Å². The first-order chi connectivity index (χ1) is 15.7. The molecule has 32 heavy (non-hydrogen) atoms. The van der Waals surface area contributed by atoms with Crippen LogP contribution in [0.2, 0.25) is 0 Å². The number of hydrogen-bond donors (Lipinski definition) is 0. The Morgan fingerprint density at radius 2 is 1.69 bits per heavy atom. The van der Waals surface area contributed by atoms with E-state index >= 15 is 0 Å². The molecular weight excluding hydrogens is 424 g/mol. The molecule has 0 fully saturated rings. The average molecular weight is 447 g/mol. The van der Waals surface area contributed by atoms with Crippen LogP contribution >= 0.6 is 11.3 Å². The van der Waals surface area contributed by atoms with Crippen LogP contribution < -0.4 is 19.2 Å². The number of nitrogens with zero attached hydrogens (tertiary/aromatic N) is 4. The van der Waals surface area contributed by atoms with Crippen LogP contribution in [0.15, 0.2) is 65.9 Å². The van der Waals surface area contributed by atoms with Gasteiger partial charge < -0.3 is 14.2 Å². The molecule has 0 saturated heterocycles. The fourth-order valence-corrected chi connectivity index (χ4v) is 4.85. The van der Waals surface area contributed by atoms with Crippen molar-refractivity contribution in [3.8, 4) is 17.2 Å². The maximum atomic E-state index is 5.59. The summed E-state index contributed by atoms with van der Waals surface area (Å²) in [5, 5.41) is 7.77. The number of anilines is 1. The quantitative estimate of drug-likeness (QED) is 0.412. The first kappa shape index (κ1) is 20.3. The van der Waals surface area contributed by atoms with E-state index in [0.717, 1.165) is 32.3 Å². The van der Waals surface area contributed by atoms with E-state index in [9.17, 15) is 0 Å². The summed E-state index contributed by atoms with van der Waals surface area (Å²) in [5.74, 6) is 1.78. The van der Waals surface area contributed by atoms with Crippen LogP contribution in [0.4, 0.5) is 5.13 Å². The minimum atomic E-state index is -0.0960. The van der Waals surface area contributed by atoms with Crippen molar-refractivity contribution in [3.05, 3.63) is 72.1 Å². The van der Waals surface area contributed by atoms with E-state index in [1.54, 1.807) is 38.9 Å². The summed E-state index contributed by atoms with van der Waals surface area (Å²) in [6.07, 6.45) is 2.46. The van der Waals surface area contributed by atoms with E-state index in [0.29, 0.717) is 23.7 Å². The fourth-order valence-electron chi connectivity index (χ4n) is 3.89. The molecule has 1 unspecified atom stereocenters. The molecular formula is C24H22N4O3S. The second-order valence-corrected chi connectivity index (χ2v) is 8.26. The lowest BCUT2D eigenvalue weighted by Gasteiger charge is -2.23. The number of methoxy groups -OCH3 is 3. The molecule has 0 saturated carbocycles. The van der Waals surface area contributed by atoms with Gasteiger partial charge in [-0.25, -0.2) is 9.99 Å². The smallest absolute Gasteiger partial charge is 0.207 e. The van der Waals surface area contributed by atoms with Gasteiger partial charge in [-0.3, -0.25) is 4.98 Å². The number of aromatic nitrogens is 2. The molecule has 3 heterocycles. The number of fused-ring (bicyclic) bond motifs is 1. The maximum absolute atomic E-state index is 5.59. The SMILES string of the molecule is COc1cc(C2CC(c3ccccn3)=NN2c2nc3ccccc3s2)cc(OC)c1OC. The number of thiazole rings is 1. The van der Waals surface area contributed by atoms with Crippen molar-refractivity contribution in [2.45, 2.75) is 12.5 Å². The van der Waals surface area contributed by atoms with Gasteiger partial charge >= 0.3 is 0 Å². The van der Waals surface area contributed by atoms with Crippen LogP contribution in [-0.2, 0) is 0 Å². The van der Waals surface area contributed by atoms with Crippen LogP contribution in [-0.4, -0.2) is 37.0 Å². The molecule has 7 nitrogen and oxygen atoms in total. The van der Waals surface area contributed by atoms with Crippen molar-refractivity contribution in [2.24, 2.45) is 5.10 Å². The number of hydrazone groups is 1. The van der Waals surface area contributed by atoms with Crippen LogP contribution in [0.25, 0.3) is 10.2 Å². The summed E-state index contributed by atoms with van der Waals surface area (Å²) in [4.78, 5) is 9.36. The molecule has 5 rings (SSSR count). The minimum Gasteiger partial charge on any atom is -0.493 e. The topological polar surface area (TPSA) is 69.1 Å². The number of pyridine rings is 1. The lowest BCUT2D eigenvalue weighted by Crippen LogP contribution is -2.18. The molecule has 1 atom stereocenters. The molecule has 0 radical (unpaired) electrons. The number of para-hydroxylation sites is 1. The van der Waals surface area contributed by atoms with Crippen LogP contribution in [0.3, 0.4) is 0 Å². The third kappa shape index (κ3) is 3.52. The van der Waals surface area contributed by atoms with Crippen LogP contribution in [0.1, 0.15) is 23.7 Å². The zero-order chi connectivity index (χ0) is 22.1. The molecule has 8 heteroatoms. The standard InChI is InChI=1S/C24H22N4O3S/c1-29-20-12-15(13-21(30-2)23(20)31-3)19-14-18(16-8-6-7-11-25-16)27-28(19)24-26-17-9-4-5-10-22(17)32-24/h4-13,19H,14H2,1-3H3. The zero-order valence-electron chi connectivity index (χ0n) is 18.0. The van der Waals surface area contributed by atoms with E-state index in [-0.39, 0.29) is 6.04 Å². The van der Waals surface area contributed by atoms with Crippen molar-refractivity contribution in [3.63, 3.8) is 0 Å². The van der Waals surface area contributed by atoms with Gasteiger partial charge in [-0.1, -0.05) is 29.5 Å². The Balaban J connectivity index is 1.63. The Morgan fingerprint density at radius 3 is 2.34 bits per heavy atom. The molecule has 0 amide bonds. The second kappa shape index (κ2) is 8.47. The van der Waals surface area contributed by atoms with Gasteiger partial charge in [0.25, 0.3) is 0 Å². The van der Waals surface area contributed by atoms with E-state index in [1.807, 2.05) is 53.5 Å². The van der Waals surface area contributed by atoms with Crippen molar-refractivity contribution < 1.29 is 14.2 Å². The Kier molecular flexibility index (Phi) is 5.36. The largest absolute Gasteiger partial charge is 0.493 e. The first-order valence-corrected chi connectivity index (χ1v) is 11.0. The Morgan fingerprint density at radius 1 is 0.938 bits per heavy atom. The molecule has 0 bridgehead atoms. The fraction of sp³-hybridized carbons (Fsp3) is 0.208. The predicted molar refractivity (Wildman–Crippen MR) is 126 cm³/mol. The molecule has 0 aliphatic carbocycles. The molecule has 1 aliphatic heterocycles. The summed E-state index contributed by atoms with van der Waals surface area (Å²) >= 11 is 1.62. The van der Waals surface area contributed by atoms with Crippen molar-refractivity contribution >= 4 is 32.4 Å². The van der Waals surface area contributed by atoms with Gasteiger partial charge in [0.2, 0.25) is 10.9 Å². The average Bonchev–Trinajstić information content (AvgIpc) is 3.48. The lowest BCUT2D eigenvalue weighted by molar-refractivity contribution is 0.323. The zero-order valence-corrected chi connectivity index (χ0v) is 18.8. The summed E-state index contributed by atoms with van der Waals surface area (Å²) in [6.45, 7) is 0. The van der Waals surface area contributed by atoms with Crippen LogP contribution in [0, 0.1) is 0 Å². The number of benzene rings is 2. The van der Waals surface area contributed by atoms with Gasteiger partial charge in [0.15, 0.2) is 11.5 Å². The molecule has 4 aromatic rings. The first-order valence-electron chi connectivity index (χ1n) is 10.2. The molecule has 2 aromatic heterocycles. The van der Waals surface area contributed by atoms with Gasteiger partial charge in [-0.15, -0.1) is 0 Å². The van der Waals surface area contributed by atoms with E-state index in [1.165, 1.54) is 0 Å². The lowest BCUT2D eigenvalue weighted by atomic mass is 9.99. The van der Waals surface area contributed by atoms with Crippen molar-refractivity contribution in [2.75, 3.05) is 26.3 Å². The number of hydrogen-bond acceptors (Lipinski definition) is 8. The molecule has 0 spiro atoms. The van der Waals surface area contributed by atoms with E-state index < -0.39 is 0 Å². The Hall–Kier alpha value is -3.65. The van der Waals surface area contributed by atoms with Gasteiger partial charge in [0.05, 0.1) is 49.0 Å². The summed E-state index contributed by atoms with van der Waals surface area (Å²) in [6, 6.07) is 17.8. The van der Waals surface area contributed by atoms with Crippen molar-refractivity contribution in [1.82, 2.24) is 9.97 Å². The van der Waals surface area contributed by atoms with Gasteiger partial charge in [-0.2, -0.15) is 5.10 Å². The number of rotatable bonds is 6. The highest BCUT2D eigenvalue weighted by Gasteiger charge is 2.33.